The zero-order chi connectivity index (χ0) is 8.43. The molecule has 0 nitrogen and oxygen atoms in total. The van der Waals surface area contributed by atoms with Crippen molar-refractivity contribution < 1.29 is 0 Å². The fraction of sp³-hybridized carbons (Fsp3) is 0.333. The highest BCUT2D eigenvalue weighted by Gasteiger charge is 2.03. The van der Waals surface area contributed by atoms with Crippen LogP contribution in [0.2, 0.25) is 5.02 Å². The summed E-state index contributed by atoms with van der Waals surface area (Å²) >= 11 is 9.32. The van der Waals surface area contributed by atoms with E-state index in [0.29, 0.717) is 4.83 Å². The van der Waals surface area contributed by atoms with Gasteiger partial charge in [0.25, 0.3) is 0 Å². The molecule has 1 atom stereocenters. The van der Waals surface area contributed by atoms with E-state index in [0.717, 1.165) is 5.02 Å². The molecule has 0 saturated carbocycles. The Hall–Kier alpha value is -0.0100. The van der Waals surface area contributed by atoms with Crippen molar-refractivity contribution in [2.24, 2.45) is 0 Å². The zero-order valence-electron chi connectivity index (χ0n) is 6.57. The second kappa shape index (κ2) is 3.59. The first-order valence-corrected chi connectivity index (χ1v) is 4.80. The lowest BCUT2D eigenvalue weighted by molar-refractivity contribution is 1.10. The summed E-state index contributed by atoms with van der Waals surface area (Å²) in [7, 11) is 0. The van der Waals surface area contributed by atoms with Gasteiger partial charge in [-0.2, -0.15) is 0 Å². The highest BCUT2D eigenvalue weighted by molar-refractivity contribution is 9.09. The van der Waals surface area contributed by atoms with Gasteiger partial charge in [-0.15, -0.1) is 0 Å². The molecule has 0 aliphatic carbocycles. The van der Waals surface area contributed by atoms with Crippen LogP contribution in [0.25, 0.3) is 0 Å². The van der Waals surface area contributed by atoms with Crippen molar-refractivity contribution in [3.8, 4) is 0 Å². The molecule has 0 spiro atoms. The lowest BCUT2D eigenvalue weighted by Gasteiger charge is -2.07. The molecule has 0 aliphatic heterocycles. The molecule has 11 heavy (non-hydrogen) atoms. The first-order valence-electron chi connectivity index (χ1n) is 3.51. The molecule has 0 amide bonds. The maximum Gasteiger partial charge on any atom is 0.0408 e. The molecule has 2 heteroatoms. The van der Waals surface area contributed by atoms with Gasteiger partial charge < -0.3 is 0 Å². The summed E-state index contributed by atoms with van der Waals surface area (Å²) in [6, 6.07) is 5.95. The molecular weight excluding hydrogens is 223 g/mol. The maximum absolute atomic E-state index is 5.81. The van der Waals surface area contributed by atoms with E-state index in [1.54, 1.807) is 0 Å². The van der Waals surface area contributed by atoms with Gasteiger partial charge in [0.15, 0.2) is 0 Å². The standard InChI is InChI=1S/C9H10BrCl/c1-6-5-8(11)3-4-9(6)7(2)10/h3-5,7H,1-2H3. The van der Waals surface area contributed by atoms with Crippen molar-refractivity contribution in [2.45, 2.75) is 18.7 Å². The Morgan fingerprint density at radius 1 is 1.45 bits per heavy atom. The average Bonchev–Trinajstić information content (AvgIpc) is 1.85. The van der Waals surface area contributed by atoms with Gasteiger partial charge in [-0.3, -0.25) is 0 Å². The number of aryl methyl sites for hydroxylation is 1. The van der Waals surface area contributed by atoms with Crippen LogP contribution < -0.4 is 0 Å². The Kier molecular flexibility index (Phi) is 2.97. The largest absolute Gasteiger partial charge is 0.0843 e. The van der Waals surface area contributed by atoms with E-state index in [-0.39, 0.29) is 0 Å². The molecule has 0 bridgehead atoms. The Morgan fingerprint density at radius 2 is 2.09 bits per heavy atom. The predicted octanol–water partition coefficient (Wildman–Crippen LogP) is 4.10. The molecule has 1 unspecified atom stereocenters. The van der Waals surface area contributed by atoms with Gasteiger partial charge >= 0.3 is 0 Å². The average molecular weight is 234 g/mol. The second-order valence-electron chi connectivity index (χ2n) is 2.62. The van der Waals surface area contributed by atoms with E-state index in [9.17, 15) is 0 Å². The van der Waals surface area contributed by atoms with E-state index in [1.165, 1.54) is 11.1 Å². The zero-order valence-corrected chi connectivity index (χ0v) is 8.91. The van der Waals surface area contributed by atoms with Crippen molar-refractivity contribution in [3.63, 3.8) is 0 Å². The highest BCUT2D eigenvalue weighted by Crippen LogP contribution is 2.26. The highest BCUT2D eigenvalue weighted by atomic mass is 79.9. The second-order valence-corrected chi connectivity index (χ2v) is 4.43. The van der Waals surface area contributed by atoms with Gasteiger partial charge in [-0.05, 0) is 37.1 Å². The molecule has 1 rings (SSSR count). The summed E-state index contributed by atoms with van der Waals surface area (Å²) < 4.78 is 0. The topological polar surface area (TPSA) is 0 Å². The molecule has 0 radical (unpaired) electrons. The number of hydrogen-bond donors (Lipinski definition) is 0. The van der Waals surface area contributed by atoms with Crippen molar-refractivity contribution in [2.75, 3.05) is 0 Å². The van der Waals surface area contributed by atoms with Gasteiger partial charge in [0, 0.05) is 9.85 Å². The van der Waals surface area contributed by atoms with E-state index in [2.05, 4.69) is 35.8 Å². The lowest BCUT2D eigenvalue weighted by Crippen LogP contribution is -1.87. The SMILES string of the molecule is Cc1cc(Cl)ccc1C(C)Br. The first-order chi connectivity index (χ1) is 5.11. The molecule has 0 N–H and O–H groups in total. The van der Waals surface area contributed by atoms with Crippen molar-refractivity contribution >= 4 is 27.5 Å². The monoisotopic (exact) mass is 232 g/mol. The predicted molar refractivity (Wildman–Crippen MR) is 53.5 cm³/mol. The Labute approximate surface area is 80.7 Å². The minimum atomic E-state index is 0.403. The van der Waals surface area contributed by atoms with Crippen molar-refractivity contribution in [1.29, 1.82) is 0 Å². The third-order valence-corrected chi connectivity index (χ3v) is 2.39. The summed E-state index contributed by atoms with van der Waals surface area (Å²) in [5.41, 5.74) is 2.54. The Bertz CT molecular complexity index is 256. The van der Waals surface area contributed by atoms with E-state index < -0.39 is 0 Å². The fourth-order valence-electron chi connectivity index (χ4n) is 1.09. The minimum absolute atomic E-state index is 0.403. The number of halogens is 2. The van der Waals surface area contributed by atoms with Gasteiger partial charge in [0.05, 0.1) is 0 Å². The normalized spacial score (nSPS) is 13.1. The molecule has 0 aromatic heterocycles. The van der Waals surface area contributed by atoms with Gasteiger partial charge in [0.2, 0.25) is 0 Å². The summed E-state index contributed by atoms with van der Waals surface area (Å²) in [6.45, 7) is 4.18. The number of benzene rings is 1. The summed E-state index contributed by atoms with van der Waals surface area (Å²) in [6.07, 6.45) is 0. The molecule has 1 aromatic carbocycles. The molecule has 0 saturated heterocycles. The quantitative estimate of drug-likeness (QED) is 0.641. The van der Waals surface area contributed by atoms with E-state index >= 15 is 0 Å². The summed E-state index contributed by atoms with van der Waals surface area (Å²) in [4.78, 5) is 0.403. The first kappa shape index (κ1) is 9.08. The van der Waals surface area contributed by atoms with E-state index in [4.69, 9.17) is 11.6 Å². The van der Waals surface area contributed by atoms with Crippen LogP contribution in [0.5, 0.6) is 0 Å². The molecule has 1 aromatic rings. The number of hydrogen-bond acceptors (Lipinski definition) is 0. The lowest BCUT2D eigenvalue weighted by atomic mass is 10.1. The van der Waals surface area contributed by atoms with Crippen molar-refractivity contribution in [3.05, 3.63) is 34.3 Å². The third-order valence-electron chi connectivity index (χ3n) is 1.66. The molecule has 0 fully saturated rings. The Morgan fingerprint density at radius 3 is 2.55 bits per heavy atom. The summed E-state index contributed by atoms with van der Waals surface area (Å²) in [5.74, 6) is 0. The number of rotatable bonds is 1. The number of alkyl halides is 1. The van der Waals surface area contributed by atoms with Gasteiger partial charge in [-0.1, -0.05) is 33.6 Å². The van der Waals surface area contributed by atoms with Crippen molar-refractivity contribution in [1.82, 2.24) is 0 Å². The molecule has 0 aliphatic rings. The Balaban J connectivity index is 3.09. The minimum Gasteiger partial charge on any atom is -0.0843 e. The van der Waals surface area contributed by atoms with E-state index in [1.807, 2.05) is 12.1 Å². The third kappa shape index (κ3) is 2.21. The van der Waals surface area contributed by atoms with Crippen LogP contribution >= 0.6 is 27.5 Å². The van der Waals surface area contributed by atoms with Crippen LogP contribution in [0.1, 0.15) is 22.9 Å². The van der Waals surface area contributed by atoms with Crippen LogP contribution in [0, 0.1) is 6.92 Å². The van der Waals surface area contributed by atoms with Gasteiger partial charge in [-0.25, -0.2) is 0 Å². The molecule has 60 valence electrons. The van der Waals surface area contributed by atoms with Crippen LogP contribution in [0.15, 0.2) is 18.2 Å². The summed E-state index contributed by atoms with van der Waals surface area (Å²) in [5, 5.41) is 0.805. The van der Waals surface area contributed by atoms with Crippen LogP contribution in [0.3, 0.4) is 0 Å². The van der Waals surface area contributed by atoms with Crippen LogP contribution in [0.4, 0.5) is 0 Å². The fourth-order valence-corrected chi connectivity index (χ4v) is 1.83. The molecular formula is C9H10BrCl. The molecule has 0 heterocycles. The van der Waals surface area contributed by atoms with Crippen LogP contribution in [-0.4, -0.2) is 0 Å². The van der Waals surface area contributed by atoms with Gasteiger partial charge in [0.1, 0.15) is 0 Å². The smallest absolute Gasteiger partial charge is 0.0408 e. The maximum atomic E-state index is 5.81. The van der Waals surface area contributed by atoms with Crippen LogP contribution in [-0.2, 0) is 0 Å².